The van der Waals surface area contributed by atoms with Crippen molar-refractivity contribution in [1.29, 1.82) is 0 Å². The number of imidazole rings is 1. The smallest absolute Gasteiger partial charge is 0.497 e. The Morgan fingerprint density at radius 2 is 1.77 bits per heavy atom. The van der Waals surface area contributed by atoms with Gasteiger partial charge in [0.15, 0.2) is 0 Å². The minimum Gasteiger partial charge on any atom is -0.497 e. The summed E-state index contributed by atoms with van der Waals surface area (Å²) in [5.41, 5.74) is -1.50. The zero-order chi connectivity index (χ0) is 22.4. The molecule has 7 nitrogen and oxygen atoms in total. The Balaban J connectivity index is 1.67. The average molecular weight is 454 g/mol. The number of nitrogens with zero attached hydrogens (tertiary/aromatic N) is 4. The highest BCUT2D eigenvalue weighted by Gasteiger charge is 2.50. The number of fused-ring (bicyclic) bond motifs is 1. The molecule has 11 heteroatoms. The molecule has 1 fully saturated rings. The normalized spacial score (nSPS) is 16.7. The topological polar surface area (TPSA) is 77.3 Å². The molecule has 1 aliphatic rings. The van der Waals surface area contributed by atoms with Crippen molar-refractivity contribution in [3.05, 3.63) is 42.4 Å². The van der Waals surface area contributed by atoms with Gasteiger partial charge in [0.1, 0.15) is 11.3 Å². The maximum Gasteiger partial charge on any atom is 0.511 e. The van der Waals surface area contributed by atoms with Crippen LogP contribution < -0.4 is 4.74 Å². The number of piperidine rings is 1. The molecule has 0 amide bonds. The fourth-order valence-electron chi connectivity index (χ4n) is 3.84. The molecule has 166 valence electrons. The molecule has 0 atom stereocenters. The van der Waals surface area contributed by atoms with E-state index in [9.17, 15) is 21.6 Å². The molecule has 0 unspecified atom stereocenters. The van der Waals surface area contributed by atoms with E-state index in [2.05, 4.69) is 4.98 Å². The lowest BCUT2D eigenvalue weighted by atomic mass is 9.93. The van der Waals surface area contributed by atoms with E-state index in [1.807, 2.05) is 41.9 Å². The highest BCUT2D eigenvalue weighted by molar-refractivity contribution is 7.90. The number of hydrogen-bond acceptors (Lipinski definition) is 5. The van der Waals surface area contributed by atoms with E-state index in [-0.39, 0.29) is 31.8 Å². The van der Waals surface area contributed by atoms with Crippen molar-refractivity contribution < 1.29 is 26.3 Å². The summed E-state index contributed by atoms with van der Waals surface area (Å²) in [5.74, 6) is 0.548. The Morgan fingerprint density at radius 1 is 1.13 bits per heavy atom. The molecule has 0 saturated carbocycles. The Morgan fingerprint density at radius 3 is 2.35 bits per heavy atom. The van der Waals surface area contributed by atoms with E-state index in [0.717, 1.165) is 11.1 Å². The molecular formula is C20H21F3N4O3S. The second-order valence-corrected chi connectivity index (χ2v) is 9.40. The molecule has 31 heavy (non-hydrogen) atoms. The van der Waals surface area contributed by atoms with Gasteiger partial charge in [-0.3, -0.25) is 4.98 Å². The van der Waals surface area contributed by atoms with Gasteiger partial charge in [0.05, 0.1) is 24.6 Å². The molecule has 1 saturated heterocycles. The van der Waals surface area contributed by atoms with Crippen LogP contribution in [0, 0.1) is 0 Å². The highest BCUT2D eigenvalue weighted by atomic mass is 32.2. The monoisotopic (exact) mass is 454 g/mol. The summed E-state index contributed by atoms with van der Waals surface area (Å²) in [6.45, 7) is -0.398. The van der Waals surface area contributed by atoms with E-state index in [1.165, 1.54) is 0 Å². The third kappa shape index (κ3) is 3.87. The van der Waals surface area contributed by atoms with Crippen molar-refractivity contribution in [1.82, 2.24) is 18.8 Å². The summed E-state index contributed by atoms with van der Waals surface area (Å²) in [6, 6.07) is 9.26. The molecule has 3 aromatic rings. The lowest BCUT2D eigenvalue weighted by molar-refractivity contribution is -0.0494. The van der Waals surface area contributed by atoms with Gasteiger partial charge < -0.3 is 9.30 Å². The Hall–Kier alpha value is -2.66. The number of aromatic nitrogens is 3. The third-order valence-corrected chi connectivity index (χ3v) is 7.23. The molecule has 0 aliphatic carbocycles. The number of rotatable bonds is 4. The molecular weight excluding hydrogens is 433 g/mol. The number of methoxy groups -OCH3 is 1. The van der Waals surface area contributed by atoms with Gasteiger partial charge in [0, 0.05) is 37.3 Å². The first kappa shape index (κ1) is 21.6. The molecule has 1 aromatic carbocycles. The first-order chi connectivity index (χ1) is 14.6. The van der Waals surface area contributed by atoms with Crippen LogP contribution in [0.4, 0.5) is 13.2 Å². The number of sulfonamides is 1. The van der Waals surface area contributed by atoms with Crippen molar-refractivity contribution in [3.63, 3.8) is 0 Å². The summed E-state index contributed by atoms with van der Waals surface area (Å²) in [7, 11) is -1.87. The van der Waals surface area contributed by atoms with E-state index in [0.29, 0.717) is 27.0 Å². The molecule has 1 aliphatic heterocycles. The van der Waals surface area contributed by atoms with E-state index in [4.69, 9.17) is 9.72 Å². The van der Waals surface area contributed by atoms with Crippen molar-refractivity contribution >= 4 is 21.1 Å². The molecule has 2 aromatic heterocycles. The first-order valence-electron chi connectivity index (χ1n) is 9.64. The SMILES string of the molecule is COc1ccc(-c2nc(C3CCN(S(=O)(=O)C(F)(F)F)CC3)cc3c2ncn3C)cc1. The number of hydrogen-bond donors (Lipinski definition) is 0. The van der Waals surface area contributed by atoms with E-state index < -0.39 is 15.5 Å². The number of alkyl halides is 3. The number of halogens is 3. The summed E-state index contributed by atoms with van der Waals surface area (Å²) in [6.07, 6.45) is 2.20. The van der Waals surface area contributed by atoms with Crippen molar-refractivity contribution in [2.45, 2.75) is 24.3 Å². The fraction of sp³-hybridized carbons (Fsp3) is 0.400. The van der Waals surface area contributed by atoms with Crippen molar-refractivity contribution in [3.8, 4) is 17.0 Å². The van der Waals surface area contributed by atoms with Crippen LogP contribution in [0.2, 0.25) is 0 Å². The number of ether oxygens (including phenoxy) is 1. The van der Waals surface area contributed by atoms with Crippen LogP contribution in [0.15, 0.2) is 36.7 Å². The minimum absolute atomic E-state index is 0.156. The largest absolute Gasteiger partial charge is 0.511 e. The van der Waals surface area contributed by atoms with E-state index >= 15 is 0 Å². The Bertz CT molecular complexity index is 1200. The minimum atomic E-state index is -5.31. The van der Waals surface area contributed by atoms with Crippen LogP contribution in [0.25, 0.3) is 22.3 Å². The lowest BCUT2D eigenvalue weighted by Gasteiger charge is -2.31. The average Bonchev–Trinajstić information content (AvgIpc) is 3.13. The Kier molecular flexibility index (Phi) is 5.42. The molecule has 0 N–H and O–H groups in total. The van der Waals surface area contributed by atoms with Gasteiger partial charge in [-0.15, -0.1) is 0 Å². The summed E-state index contributed by atoms with van der Waals surface area (Å²) >= 11 is 0. The Labute approximate surface area is 177 Å². The number of pyridine rings is 1. The van der Waals surface area contributed by atoms with Gasteiger partial charge >= 0.3 is 15.5 Å². The molecule has 0 spiro atoms. The maximum absolute atomic E-state index is 12.9. The van der Waals surface area contributed by atoms with Crippen LogP contribution in [0.1, 0.15) is 24.5 Å². The number of aryl methyl sites for hydroxylation is 1. The van der Waals surface area contributed by atoms with Crippen LogP contribution in [-0.4, -0.2) is 53.0 Å². The highest BCUT2D eigenvalue weighted by Crippen LogP contribution is 2.36. The first-order valence-corrected chi connectivity index (χ1v) is 11.1. The lowest BCUT2D eigenvalue weighted by Crippen LogP contribution is -2.44. The second-order valence-electron chi connectivity index (χ2n) is 7.47. The van der Waals surface area contributed by atoms with Gasteiger partial charge in [-0.1, -0.05) is 0 Å². The third-order valence-electron chi connectivity index (χ3n) is 5.60. The molecule has 3 heterocycles. The van der Waals surface area contributed by atoms with Gasteiger partial charge in [-0.25, -0.2) is 13.4 Å². The van der Waals surface area contributed by atoms with Crippen LogP contribution >= 0.6 is 0 Å². The molecule has 0 bridgehead atoms. The fourth-order valence-corrected chi connectivity index (χ4v) is 4.83. The van der Waals surface area contributed by atoms with Crippen LogP contribution in [0.5, 0.6) is 5.75 Å². The summed E-state index contributed by atoms with van der Waals surface area (Å²) in [5, 5.41) is 0. The van der Waals surface area contributed by atoms with Crippen molar-refractivity contribution in [2.75, 3.05) is 20.2 Å². The standard InChI is InChI=1S/C20H21F3N4O3S/c1-26-12-24-19-17(26)11-16(25-18(19)14-3-5-15(30-2)6-4-14)13-7-9-27(10-8-13)31(28,29)20(21,22)23/h3-6,11-13H,7-10H2,1-2H3. The van der Waals surface area contributed by atoms with Gasteiger partial charge in [0.2, 0.25) is 0 Å². The predicted octanol–water partition coefficient (Wildman–Crippen LogP) is 3.67. The quantitative estimate of drug-likeness (QED) is 0.601. The number of benzene rings is 1. The second kappa shape index (κ2) is 7.79. The van der Waals surface area contributed by atoms with Gasteiger partial charge in [-0.2, -0.15) is 17.5 Å². The van der Waals surface area contributed by atoms with Gasteiger partial charge in [-0.05, 0) is 43.2 Å². The van der Waals surface area contributed by atoms with Crippen LogP contribution in [0.3, 0.4) is 0 Å². The summed E-state index contributed by atoms with van der Waals surface area (Å²) in [4.78, 5) is 9.24. The zero-order valence-corrected chi connectivity index (χ0v) is 17.7. The van der Waals surface area contributed by atoms with Crippen LogP contribution in [-0.2, 0) is 17.1 Å². The summed E-state index contributed by atoms with van der Waals surface area (Å²) < 4.78 is 69.5. The maximum atomic E-state index is 12.9. The van der Waals surface area contributed by atoms with E-state index in [1.54, 1.807) is 13.4 Å². The zero-order valence-electron chi connectivity index (χ0n) is 16.9. The molecule has 0 radical (unpaired) electrons. The predicted molar refractivity (Wildman–Crippen MR) is 109 cm³/mol. The van der Waals surface area contributed by atoms with Gasteiger partial charge in [0.25, 0.3) is 0 Å². The molecule has 4 rings (SSSR count). The van der Waals surface area contributed by atoms with Crippen molar-refractivity contribution in [2.24, 2.45) is 7.05 Å².